The van der Waals surface area contributed by atoms with Crippen LogP contribution in [0.15, 0.2) is 53.3 Å². The Morgan fingerprint density at radius 1 is 1.00 bits per heavy atom. The van der Waals surface area contributed by atoms with Crippen LogP contribution >= 0.6 is 0 Å². The number of ether oxygens (including phenoxy) is 1. The summed E-state index contributed by atoms with van der Waals surface area (Å²) in [6.07, 6.45) is 1.85. The highest BCUT2D eigenvalue weighted by molar-refractivity contribution is 5.94. The number of benzene rings is 2. The van der Waals surface area contributed by atoms with E-state index in [1.807, 2.05) is 42.5 Å². The Labute approximate surface area is 189 Å². The third-order valence-electron chi connectivity index (χ3n) is 6.40. The number of morpholine rings is 1. The van der Waals surface area contributed by atoms with Gasteiger partial charge in [0, 0.05) is 25.3 Å². The first-order valence-electron chi connectivity index (χ1n) is 11.3. The predicted molar refractivity (Wildman–Crippen MR) is 125 cm³/mol. The van der Waals surface area contributed by atoms with Gasteiger partial charge in [-0.15, -0.1) is 5.10 Å². The van der Waals surface area contributed by atoms with Crippen molar-refractivity contribution in [2.75, 3.05) is 42.6 Å². The van der Waals surface area contributed by atoms with E-state index in [2.05, 4.69) is 16.1 Å². The van der Waals surface area contributed by atoms with Gasteiger partial charge in [-0.3, -0.25) is 4.79 Å². The summed E-state index contributed by atoms with van der Waals surface area (Å²) in [6.45, 7) is 3.06. The molecule has 0 saturated carbocycles. The van der Waals surface area contributed by atoms with Gasteiger partial charge in [-0.1, -0.05) is 30.3 Å². The van der Waals surface area contributed by atoms with E-state index in [0.29, 0.717) is 55.3 Å². The molecule has 9 heteroatoms. The lowest BCUT2D eigenvalue weighted by Gasteiger charge is -2.29. The molecule has 4 aromatic rings. The molecule has 0 radical (unpaired) electrons. The normalized spacial score (nSPS) is 16.4. The number of amides is 1. The number of nitrogens with zero attached hydrogens (tertiary/aromatic N) is 6. The van der Waals surface area contributed by atoms with E-state index < -0.39 is 0 Å². The van der Waals surface area contributed by atoms with Crippen molar-refractivity contribution in [2.24, 2.45) is 0 Å². The number of carbonyl (C=O) groups excluding carboxylic acids is 1. The van der Waals surface area contributed by atoms with Crippen LogP contribution < -0.4 is 15.5 Å². The second-order valence-electron chi connectivity index (χ2n) is 8.40. The smallest absolute Gasteiger partial charge is 0.351 e. The second kappa shape index (κ2) is 8.00. The van der Waals surface area contributed by atoms with Crippen molar-refractivity contribution in [1.82, 2.24) is 19.2 Å². The minimum Gasteiger partial charge on any atom is -0.378 e. The highest BCUT2D eigenvalue weighted by atomic mass is 16.5. The fourth-order valence-corrected chi connectivity index (χ4v) is 4.78. The third-order valence-corrected chi connectivity index (χ3v) is 6.40. The molecule has 2 aromatic heterocycles. The largest absolute Gasteiger partial charge is 0.378 e. The number of fused-ring (bicyclic) bond motifs is 4. The Morgan fingerprint density at radius 3 is 2.67 bits per heavy atom. The van der Waals surface area contributed by atoms with Gasteiger partial charge in [0.25, 0.3) is 0 Å². The summed E-state index contributed by atoms with van der Waals surface area (Å²) in [6, 6.07) is 15.5. The number of carbonyl (C=O) groups is 1. The zero-order chi connectivity index (χ0) is 22.4. The topological polar surface area (TPSA) is 85.0 Å². The second-order valence-corrected chi connectivity index (χ2v) is 8.40. The van der Waals surface area contributed by atoms with Crippen LogP contribution in [0.5, 0.6) is 0 Å². The van der Waals surface area contributed by atoms with Gasteiger partial charge in [0.1, 0.15) is 6.54 Å². The summed E-state index contributed by atoms with van der Waals surface area (Å²) in [4.78, 5) is 35.4. The van der Waals surface area contributed by atoms with E-state index in [4.69, 9.17) is 9.72 Å². The molecule has 2 aromatic carbocycles. The molecule has 0 atom stereocenters. The summed E-state index contributed by atoms with van der Waals surface area (Å²) in [7, 11) is 0. The lowest BCUT2D eigenvalue weighted by Crippen LogP contribution is -2.39. The summed E-state index contributed by atoms with van der Waals surface area (Å²) >= 11 is 0. The maximum Gasteiger partial charge on any atom is 0.351 e. The van der Waals surface area contributed by atoms with Crippen LogP contribution in [0.2, 0.25) is 0 Å². The van der Waals surface area contributed by atoms with E-state index in [1.54, 1.807) is 9.30 Å². The van der Waals surface area contributed by atoms with Crippen LogP contribution in [-0.4, -0.2) is 57.9 Å². The van der Waals surface area contributed by atoms with Crippen LogP contribution in [0.25, 0.3) is 16.7 Å². The molecule has 1 amide bonds. The average molecular weight is 444 g/mol. The highest BCUT2D eigenvalue weighted by Gasteiger charge is 2.26. The van der Waals surface area contributed by atoms with Crippen LogP contribution in [0, 0.1) is 0 Å². The molecule has 6 rings (SSSR count). The Balaban J connectivity index is 1.44. The monoisotopic (exact) mass is 444 g/mol. The van der Waals surface area contributed by atoms with Gasteiger partial charge in [0.05, 0.1) is 24.2 Å². The predicted octanol–water partition coefficient (Wildman–Crippen LogP) is 1.86. The minimum atomic E-state index is -0.336. The van der Waals surface area contributed by atoms with Crippen molar-refractivity contribution in [3.63, 3.8) is 0 Å². The molecule has 1 fully saturated rings. The fraction of sp³-hybridized carbons (Fsp3) is 0.333. The van der Waals surface area contributed by atoms with Crippen molar-refractivity contribution in [2.45, 2.75) is 19.4 Å². The lowest BCUT2D eigenvalue weighted by molar-refractivity contribution is -0.119. The molecule has 33 heavy (non-hydrogen) atoms. The van der Waals surface area contributed by atoms with Crippen molar-refractivity contribution >= 4 is 34.1 Å². The van der Waals surface area contributed by atoms with E-state index in [-0.39, 0.29) is 18.1 Å². The molecule has 0 N–H and O–H groups in total. The molecule has 2 aliphatic rings. The summed E-state index contributed by atoms with van der Waals surface area (Å²) in [5.74, 6) is 0.501. The van der Waals surface area contributed by atoms with Crippen molar-refractivity contribution in [1.29, 1.82) is 0 Å². The number of hydrogen-bond acceptors (Lipinski definition) is 6. The van der Waals surface area contributed by atoms with Crippen LogP contribution in [0.1, 0.15) is 12.0 Å². The Hall–Kier alpha value is -3.72. The summed E-state index contributed by atoms with van der Waals surface area (Å²) in [5, 5.41) is 4.60. The molecule has 1 saturated heterocycles. The Bertz CT molecular complexity index is 1420. The van der Waals surface area contributed by atoms with Crippen LogP contribution in [0.3, 0.4) is 0 Å². The molecule has 2 aliphatic heterocycles. The SMILES string of the molecule is O=C(Cn1nc2c(N3CCOCC3)nc3ccccc3n2c1=O)N1CCCc2ccccc21. The molecule has 168 valence electrons. The van der Waals surface area contributed by atoms with E-state index in [9.17, 15) is 9.59 Å². The zero-order valence-electron chi connectivity index (χ0n) is 18.2. The van der Waals surface area contributed by atoms with Gasteiger partial charge in [-0.05, 0) is 36.6 Å². The van der Waals surface area contributed by atoms with Crippen LogP contribution in [-0.2, 0) is 22.5 Å². The lowest BCUT2D eigenvalue weighted by atomic mass is 10.0. The first-order chi connectivity index (χ1) is 16.2. The maximum atomic E-state index is 13.5. The van der Waals surface area contributed by atoms with Crippen LogP contribution in [0.4, 0.5) is 11.5 Å². The molecule has 0 unspecified atom stereocenters. The number of para-hydroxylation sites is 3. The van der Waals surface area contributed by atoms with E-state index in [1.165, 1.54) is 4.68 Å². The maximum absolute atomic E-state index is 13.5. The number of aromatic nitrogens is 4. The number of aryl methyl sites for hydroxylation is 1. The van der Waals surface area contributed by atoms with Crippen molar-refractivity contribution < 1.29 is 9.53 Å². The van der Waals surface area contributed by atoms with Gasteiger partial charge < -0.3 is 14.5 Å². The van der Waals surface area contributed by atoms with Crippen molar-refractivity contribution in [3.05, 3.63) is 64.6 Å². The first-order valence-corrected chi connectivity index (χ1v) is 11.3. The van der Waals surface area contributed by atoms with E-state index >= 15 is 0 Å². The minimum absolute atomic E-state index is 0.119. The van der Waals surface area contributed by atoms with Gasteiger partial charge >= 0.3 is 5.69 Å². The molecular weight excluding hydrogens is 420 g/mol. The Kier molecular flexibility index (Phi) is 4.83. The van der Waals surface area contributed by atoms with Gasteiger partial charge in [0.15, 0.2) is 5.82 Å². The standard InChI is InChI=1S/C24H24N6O3/c31-21(28-11-5-7-17-6-1-3-9-19(17)28)16-29-24(32)30-20-10-4-2-8-18(20)25-22(23(30)26-29)27-12-14-33-15-13-27/h1-4,6,8-10H,5,7,11-16H2. The zero-order valence-corrected chi connectivity index (χ0v) is 18.2. The van der Waals surface area contributed by atoms with Gasteiger partial charge in [-0.2, -0.15) is 0 Å². The van der Waals surface area contributed by atoms with Gasteiger partial charge in [-0.25, -0.2) is 18.9 Å². The quantitative estimate of drug-likeness (QED) is 0.480. The molecule has 0 bridgehead atoms. The average Bonchev–Trinajstić information content (AvgIpc) is 3.19. The Morgan fingerprint density at radius 2 is 1.79 bits per heavy atom. The summed E-state index contributed by atoms with van der Waals surface area (Å²) < 4.78 is 8.33. The molecular formula is C24H24N6O3. The fourth-order valence-electron chi connectivity index (χ4n) is 4.78. The molecule has 4 heterocycles. The number of anilines is 2. The molecule has 0 spiro atoms. The third kappa shape index (κ3) is 3.36. The van der Waals surface area contributed by atoms with E-state index in [0.717, 1.165) is 24.1 Å². The van der Waals surface area contributed by atoms with Crippen molar-refractivity contribution in [3.8, 4) is 0 Å². The van der Waals surface area contributed by atoms with Gasteiger partial charge in [0.2, 0.25) is 11.6 Å². The number of hydrogen-bond donors (Lipinski definition) is 0. The molecule has 0 aliphatic carbocycles. The molecule has 9 nitrogen and oxygen atoms in total. The summed E-state index contributed by atoms with van der Waals surface area (Å²) in [5.41, 5.74) is 3.60. The highest BCUT2D eigenvalue weighted by Crippen LogP contribution is 2.27. The number of rotatable bonds is 3. The first kappa shape index (κ1) is 19.9.